The molecule has 0 aliphatic heterocycles. The van der Waals surface area contributed by atoms with Crippen LogP contribution in [-0.4, -0.2) is 32.9 Å². The summed E-state index contributed by atoms with van der Waals surface area (Å²) in [5.41, 5.74) is 3.66. The van der Waals surface area contributed by atoms with Gasteiger partial charge in [-0.15, -0.1) is 20.4 Å². The van der Waals surface area contributed by atoms with Gasteiger partial charge < -0.3 is 24.7 Å². The molecule has 8 aromatic rings. The first-order chi connectivity index (χ1) is 29.4. The molecule has 7 aromatic carbocycles. The zero-order valence-electron chi connectivity index (χ0n) is 32.4. The van der Waals surface area contributed by atoms with E-state index in [0.717, 1.165) is 16.2 Å². The first-order valence-corrected chi connectivity index (χ1v) is 19.8. The molecule has 1 saturated carbocycles. The molecule has 1 amide bonds. The van der Waals surface area contributed by atoms with Crippen molar-refractivity contribution in [1.82, 2.24) is 10.2 Å². The third kappa shape index (κ3) is 8.30. The number of phenols is 2. The van der Waals surface area contributed by atoms with E-state index in [1.54, 1.807) is 60.7 Å². The fourth-order valence-electron chi connectivity index (χ4n) is 7.38. The number of aromatic nitrogens is 2. The van der Waals surface area contributed by atoms with Crippen LogP contribution in [0.25, 0.3) is 44.5 Å². The fourth-order valence-corrected chi connectivity index (χ4v) is 7.38. The van der Waals surface area contributed by atoms with Crippen LogP contribution in [0.5, 0.6) is 17.2 Å². The van der Waals surface area contributed by atoms with Gasteiger partial charge in [0, 0.05) is 35.1 Å². The molecule has 0 unspecified atom stereocenters. The molecule has 60 heavy (non-hydrogen) atoms. The molecule has 1 heterocycles. The van der Waals surface area contributed by atoms with E-state index in [0.29, 0.717) is 69.3 Å². The van der Waals surface area contributed by atoms with Crippen molar-refractivity contribution < 1.29 is 25.6 Å². The lowest BCUT2D eigenvalue weighted by molar-refractivity contribution is 0.102. The largest absolute Gasteiger partial charge is 0.506 e. The van der Waals surface area contributed by atoms with Crippen molar-refractivity contribution in [3.63, 3.8) is 0 Å². The SMILES string of the molecule is O=C(Nc1cccc(OCC2CCCCC2)c1)c1cc2ccccc2c(N=Nc2ccc(-c3nnc(-c4ccc(N=Nc5c(O)ccc6ccccc56)cc4)o3)cc2)c1O.[HH]. The van der Waals surface area contributed by atoms with Gasteiger partial charge in [0.2, 0.25) is 11.8 Å². The number of amides is 1. The first-order valence-electron chi connectivity index (χ1n) is 19.8. The molecule has 0 spiro atoms. The maximum absolute atomic E-state index is 13.6. The smallest absolute Gasteiger partial charge is 0.259 e. The number of anilines is 1. The minimum Gasteiger partial charge on any atom is -0.506 e. The van der Waals surface area contributed by atoms with Crippen LogP contribution in [0.2, 0.25) is 0 Å². The summed E-state index contributed by atoms with van der Waals surface area (Å²) in [6, 6.07) is 41.7. The van der Waals surface area contributed by atoms with Crippen molar-refractivity contribution in [3.05, 3.63) is 145 Å². The van der Waals surface area contributed by atoms with Crippen LogP contribution in [0.3, 0.4) is 0 Å². The van der Waals surface area contributed by atoms with E-state index >= 15 is 0 Å². The van der Waals surface area contributed by atoms with Crippen LogP contribution in [0.1, 0.15) is 43.9 Å². The highest BCUT2D eigenvalue weighted by Crippen LogP contribution is 2.40. The van der Waals surface area contributed by atoms with E-state index in [-0.39, 0.29) is 24.2 Å². The Labute approximate surface area is 346 Å². The number of fused-ring (bicyclic) bond motifs is 2. The van der Waals surface area contributed by atoms with Gasteiger partial charge in [-0.05, 0) is 102 Å². The summed E-state index contributed by atoms with van der Waals surface area (Å²) in [7, 11) is 0. The van der Waals surface area contributed by atoms with Crippen LogP contribution >= 0.6 is 0 Å². The number of hydrogen-bond donors (Lipinski definition) is 3. The van der Waals surface area contributed by atoms with E-state index in [4.69, 9.17) is 9.15 Å². The average Bonchev–Trinajstić information content (AvgIpc) is 3.79. The van der Waals surface area contributed by atoms with Gasteiger partial charge >= 0.3 is 0 Å². The molecular weight excluding hydrogens is 755 g/mol. The Morgan fingerprint density at radius 3 is 1.97 bits per heavy atom. The van der Waals surface area contributed by atoms with Crippen molar-refractivity contribution in [3.8, 4) is 40.2 Å². The Balaban J connectivity index is 0.00000514. The Kier molecular flexibility index (Phi) is 10.7. The van der Waals surface area contributed by atoms with E-state index in [2.05, 4.69) is 36.0 Å². The average molecular weight is 796 g/mol. The summed E-state index contributed by atoms with van der Waals surface area (Å²) in [4.78, 5) is 13.6. The Morgan fingerprint density at radius 1 is 0.667 bits per heavy atom. The molecule has 0 atom stereocenters. The third-order valence-electron chi connectivity index (χ3n) is 10.6. The van der Waals surface area contributed by atoms with E-state index in [1.165, 1.54) is 32.1 Å². The van der Waals surface area contributed by atoms with Crippen molar-refractivity contribution in [2.75, 3.05) is 11.9 Å². The number of azo groups is 2. The second-order valence-electron chi connectivity index (χ2n) is 14.7. The summed E-state index contributed by atoms with van der Waals surface area (Å²) in [6.07, 6.45) is 6.14. The van der Waals surface area contributed by atoms with Gasteiger partial charge in [-0.25, -0.2) is 0 Å². The molecule has 0 bridgehead atoms. The van der Waals surface area contributed by atoms with Crippen molar-refractivity contribution in [1.29, 1.82) is 0 Å². The fraction of sp³-hybridized carbons (Fsp3) is 0.146. The highest BCUT2D eigenvalue weighted by molar-refractivity contribution is 6.11. The number of carbonyl (C=O) groups excluding carboxylic acids is 1. The molecule has 0 saturated heterocycles. The summed E-state index contributed by atoms with van der Waals surface area (Å²) in [5, 5.41) is 53.8. The van der Waals surface area contributed by atoms with Gasteiger partial charge in [0.15, 0.2) is 5.75 Å². The molecular formula is C48H41N7O5. The van der Waals surface area contributed by atoms with Crippen LogP contribution < -0.4 is 10.1 Å². The maximum Gasteiger partial charge on any atom is 0.259 e. The Hall–Kier alpha value is -7.73. The molecule has 0 radical (unpaired) electrons. The second-order valence-corrected chi connectivity index (χ2v) is 14.7. The molecule has 1 aromatic heterocycles. The Bertz CT molecular complexity index is 2890. The third-order valence-corrected chi connectivity index (χ3v) is 10.6. The Morgan fingerprint density at radius 2 is 1.28 bits per heavy atom. The molecule has 298 valence electrons. The number of nitrogens with one attached hydrogen (secondary N) is 1. The van der Waals surface area contributed by atoms with Crippen LogP contribution in [0.15, 0.2) is 164 Å². The molecule has 12 heteroatoms. The van der Waals surface area contributed by atoms with Crippen LogP contribution in [0.4, 0.5) is 28.4 Å². The number of ether oxygens (including phenoxy) is 1. The summed E-state index contributed by atoms with van der Waals surface area (Å²) >= 11 is 0. The highest BCUT2D eigenvalue weighted by Gasteiger charge is 2.20. The summed E-state index contributed by atoms with van der Waals surface area (Å²) in [6.45, 7) is 0.658. The quantitative estimate of drug-likeness (QED) is 0.109. The number of rotatable bonds is 11. The van der Waals surface area contributed by atoms with Gasteiger partial charge in [0.05, 0.1) is 23.5 Å². The van der Waals surface area contributed by atoms with E-state index in [1.807, 2.05) is 78.9 Å². The van der Waals surface area contributed by atoms with Gasteiger partial charge in [0.25, 0.3) is 5.91 Å². The molecule has 12 nitrogen and oxygen atoms in total. The second kappa shape index (κ2) is 17.0. The molecule has 3 N–H and O–H groups in total. The van der Waals surface area contributed by atoms with E-state index < -0.39 is 5.91 Å². The molecule has 1 aliphatic rings. The normalized spacial score (nSPS) is 13.4. The zero-order valence-corrected chi connectivity index (χ0v) is 32.4. The minimum atomic E-state index is -0.484. The zero-order chi connectivity index (χ0) is 40.8. The molecule has 1 aliphatic carbocycles. The highest BCUT2D eigenvalue weighted by atomic mass is 16.5. The predicted molar refractivity (Wildman–Crippen MR) is 233 cm³/mol. The van der Waals surface area contributed by atoms with Gasteiger partial charge in [-0.1, -0.05) is 79.9 Å². The predicted octanol–water partition coefficient (Wildman–Crippen LogP) is 13.4. The van der Waals surface area contributed by atoms with Gasteiger partial charge in [0.1, 0.15) is 22.9 Å². The first kappa shape index (κ1) is 37.8. The standard InChI is InChI=1S/C48H39N7O5.H2/c56-42-26-21-31-11-4-6-15-39(31)43(42)52-50-35-22-17-32(18-23-35)47-54-55-48(60-47)33-19-24-36(25-20-33)51-53-44-40-16-7-5-12-34(40)27-41(45(44)57)46(58)49-37-13-8-14-38(28-37)59-29-30-9-2-1-3-10-30;/h4-8,11-28,30,56-57H,1-3,9-10,29H2,(H,49,58);1H. The number of benzene rings is 7. The number of aromatic hydroxyl groups is 2. The molecule has 9 rings (SSSR count). The number of carbonyl (C=O) groups is 1. The number of phenolic OH excluding ortho intramolecular Hbond substituents is 2. The van der Waals surface area contributed by atoms with Crippen molar-refractivity contribution in [2.45, 2.75) is 32.1 Å². The summed E-state index contributed by atoms with van der Waals surface area (Å²) < 4.78 is 12.1. The van der Waals surface area contributed by atoms with Crippen LogP contribution in [-0.2, 0) is 0 Å². The monoisotopic (exact) mass is 795 g/mol. The minimum absolute atomic E-state index is 0. The maximum atomic E-state index is 13.6. The topological polar surface area (TPSA) is 167 Å². The van der Waals surface area contributed by atoms with Gasteiger partial charge in [-0.3, -0.25) is 4.79 Å². The van der Waals surface area contributed by atoms with E-state index in [9.17, 15) is 15.0 Å². The number of hydrogen-bond acceptors (Lipinski definition) is 11. The van der Waals surface area contributed by atoms with Crippen LogP contribution in [0, 0.1) is 5.92 Å². The summed E-state index contributed by atoms with van der Waals surface area (Å²) in [5.74, 6) is 1.16. The van der Waals surface area contributed by atoms with Crippen molar-refractivity contribution in [2.24, 2.45) is 26.4 Å². The lowest BCUT2D eigenvalue weighted by Gasteiger charge is -2.21. The molecule has 1 fully saturated rings. The van der Waals surface area contributed by atoms with Crippen molar-refractivity contribution >= 4 is 55.9 Å². The lowest BCUT2D eigenvalue weighted by Crippen LogP contribution is -2.15. The number of nitrogens with zero attached hydrogens (tertiary/aromatic N) is 6. The van der Waals surface area contributed by atoms with Gasteiger partial charge in [-0.2, -0.15) is 10.2 Å². The lowest BCUT2D eigenvalue weighted by atomic mass is 9.90.